The Morgan fingerprint density at radius 1 is 1.55 bits per heavy atom. The molecule has 2 N–H and O–H groups in total. The first-order valence-electron chi connectivity index (χ1n) is 4.17. The third kappa shape index (κ3) is 4.65. The molecule has 0 saturated carbocycles. The van der Waals surface area contributed by atoms with Gasteiger partial charge in [-0.15, -0.1) is 0 Å². The molecule has 0 rings (SSSR count). The maximum absolute atomic E-state index is 5.57. The summed E-state index contributed by atoms with van der Waals surface area (Å²) < 4.78 is 0. The van der Waals surface area contributed by atoms with Gasteiger partial charge >= 0.3 is 0 Å². The number of rotatable bonds is 4. The quantitative estimate of drug-likeness (QED) is 0.617. The lowest BCUT2D eigenvalue weighted by Crippen LogP contribution is -2.00. The van der Waals surface area contributed by atoms with E-state index in [1.54, 1.807) is 0 Å². The molecule has 11 heavy (non-hydrogen) atoms. The highest BCUT2D eigenvalue weighted by Crippen LogP contribution is 2.14. The van der Waals surface area contributed by atoms with Crippen LogP contribution < -0.4 is 5.73 Å². The zero-order valence-electron chi connectivity index (χ0n) is 7.85. The second-order valence-electron chi connectivity index (χ2n) is 3.27. The van der Waals surface area contributed by atoms with Gasteiger partial charge < -0.3 is 5.73 Å². The van der Waals surface area contributed by atoms with Crippen LogP contribution in [0, 0.1) is 5.92 Å². The minimum atomic E-state index is 0.716. The molecule has 0 fully saturated rings. The molecule has 0 unspecified atom stereocenters. The topological polar surface area (TPSA) is 26.0 Å². The van der Waals surface area contributed by atoms with Gasteiger partial charge in [-0.05, 0) is 31.3 Å². The van der Waals surface area contributed by atoms with E-state index in [0.717, 1.165) is 12.3 Å². The van der Waals surface area contributed by atoms with Crippen molar-refractivity contribution in [2.24, 2.45) is 11.7 Å². The highest BCUT2D eigenvalue weighted by Gasteiger charge is 1.99. The lowest BCUT2D eigenvalue weighted by atomic mass is 10.0. The standard InChI is InChI=1S/C10H19N/c1-5-10(9(4)11)7-6-8(2)3/h5,8H,4,6-7,11H2,1-3H3/b10-5+. The largest absolute Gasteiger partial charge is 0.399 e. The van der Waals surface area contributed by atoms with Crippen molar-refractivity contribution in [1.82, 2.24) is 0 Å². The Labute approximate surface area is 70.0 Å². The van der Waals surface area contributed by atoms with E-state index < -0.39 is 0 Å². The fourth-order valence-corrected chi connectivity index (χ4v) is 0.934. The van der Waals surface area contributed by atoms with Crippen LogP contribution in [0.5, 0.6) is 0 Å². The molecule has 0 amide bonds. The van der Waals surface area contributed by atoms with Gasteiger partial charge in [0.15, 0.2) is 0 Å². The number of allylic oxidation sites excluding steroid dienone is 2. The molecular weight excluding hydrogens is 134 g/mol. The molecule has 0 radical (unpaired) electrons. The minimum Gasteiger partial charge on any atom is -0.399 e. The van der Waals surface area contributed by atoms with E-state index in [1.165, 1.54) is 12.0 Å². The van der Waals surface area contributed by atoms with Crippen molar-refractivity contribution in [2.45, 2.75) is 33.6 Å². The van der Waals surface area contributed by atoms with E-state index in [-0.39, 0.29) is 0 Å². The molecule has 0 aliphatic carbocycles. The molecule has 0 heterocycles. The summed E-state index contributed by atoms with van der Waals surface area (Å²) in [5, 5.41) is 0. The van der Waals surface area contributed by atoms with Crippen LogP contribution in [-0.2, 0) is 0 Å². The van der Waals surface area contributed by atoms with Crippen molar-refractivity contribution in [3.63, 3.8) is 0 Å². The number of hydrogen-bond donors (Lipinski definition) is 1. The van der Waals surface area contributed by atoms with Crippen molar-refractivity contribution in [3.8, 4) is 0 Å². The van der Waals surface area contributed by atoms with E-state index in [9.17, 15) is 0 Å². The lowest BCUT2D eigenvalue weighted by Gasteiger charge is -2.07. The maximum atomic E-state index is 5.57. The fourth-order valence-electron chi connectivity index (χ4n) is 0.934. The SMILES string of the molecule is C=C(N)/C(=C/C)CCC(C)C. The molecule has 0 aromatic carbocycles. The summed E-state index contributed by atoms with van der Waals surface area (Å²) in [7, 11) is 0. The van der Waals surface area contributed by atoms with Gasteiger partial charge in [0.2, 0.25) is 0 Å². The van der Waals surface area contributed by atoms with Gasteiger partial charge in [0.1, 0.15) is 0 Å². The average molecular weight is 153 g/mol. The van der Waals surface area contributed by atoms with Crippen LogP contribution in [0.4, 0.5) is 0 Å². The van der Waals surface area contributed by atoms with Crippen molar-refractivity contribution in [3.05, 3.63) is 23.9 Å². The van der Waals surface area contributed by atoms with Gasteiger partial charge in [0.05, 0.1) is 0 Å². The van der Waals surface area contributed by atoms with Crippen LogP contribution in [0.1, 0.15) is 33.6 Å². The van der Waals surface area contributed by atoms with Crippen molar-refractivity contribution >= 4 is 0 Å². The van der Waals surface area contributed by atoms with E-state index >= 15 is 0 Å². The summed E-state index contributed by atoms with van der Waals surface area (Å²) in [6.07, 6.45) is 4.30. The van der Waals surface area contributed by atoms with Gasteiger partial charge in [-0.25, -0.2) is 0 Å². The Balaban J connectivity index is 3.82. The Morgan fingerprint density at radius 2 is 2.09 bits per heavy atom. The first-order valence-corrected chi connectivity index (χ1v) is 4.17. The Bertz CT molecular complexity index is 154. The zero-order chi connectivity index (χ0) is 8.85. The van der Waals surface area contributed by atoms with Crippen LogP contribution in [0.3, 0.4) is 0 Å². The smallest absolute Gasteiger partial charge is 0.0270 e. The first-order chi connectivity index (χ1) is 5.07. The van der Waals surface area contributed by atoms with E-state index in [4.69, 9.17) is 5.73 Å². The molecule has 0 bridgehead atoms. The molecule has 1 nitrogen and oxygen atoms in total. The molecule has 1 heteroatoms. The monoisotopic (exact) mass is 153 g/mol. The summed E-state index contributed by atoms with van der Waals surface area (Å²) in [5.41, 5.74) is 7.48. The van der Waals surface area contributed by atoms with Crippen molar-refractivity contribution in [1.29, 1.82) is 0 Å². The predicted molar refractivity (Wildman–Crippen MR) is 51.2 cm³/mol. The predicted octanol–water partition coefficient (Wildman–Crippen LogP) is 2.84. The second kappa shape index (κ2) is 5.00. The van der Waals surface area contributed by atoms with Crippen LogP contribution in [0.15, 0.2) is 23.9 Å². The van der Waals surface area contributed by atoms with Crippen LogP contribution in [0.25, 0.3) is 0 Å². The maximum Gasteiger partial charge on any atom is 0.0270 e. The molecule has 0 aromatic rings. The molecule has 0 aliphatic heterocycles. The van der Waals surface area contributed by atoms with Gasteiger partial charge in [0, 0.05) is 5.70 Å². The summed E-state index contributed by atoms with van der Waals surface area (Å²) >= 11 is 0. The minimum absolute atomic E-state index is 0.716. The number of hydrogen-bond acceptors (Lipinski definition) is 1. The van der Waals surface area contributed by atoms with E-state index in [1.807, 2.05) is 13.0 Å². The van der Waals surface area contributed by atoms with Crippen molar-refractivity contribution in [2.75, 3.05) is 0 Å². The number of nitrogens with two attached hydrogens (primary N) is 1. The van der Waals surface area contributed by atoms with E-state index in [0.29, 0.717) is 5.70 Å². The fraction of sp³-hybridized carbons (Fsp3) is 0.600. The lowest BCUT2D eigenvalue weighted by molar-refractivity contribution is 0.586. The summed E-state index contributed by atoms with van der Waals surface area (Å²) in [5.74, 6) is 0.740. The second-order valence-corrected chi connectivity index (χ2v) is 3.27. The summed E-state index contributed by atoms with van der Waals surface area (Å²) in [4.78, 5) is 0. The van der Waals surface area contributed by atoms with Crippen LogP contribution in [-0.4, -0.2) is 0 Å². The molecule has 0 aliphatic rings. The average Bonchev–Trinajstić information content (AvgIpc) is 1.87. The molecule has 64 valence electrons. The van der Waals surface area contributed by atoms with Crippen molar-refractivity contribution < 1.29 is 0 Å². The zero-order valence-corrected chi connectivity index (χ0v) is 7.85. The summed E-state index contributed by atoms with van der Waals surface area (Å²) in [6, 6.07) is 0. The van der Waals surface area contributed by atoms with Gasteiger partial charge in [-0.3, -0.25) is 0 Å². The van der Waals surface area contributed by atoms with Crippen LogP contribution in [0.2, 0.25) is 0 Å². The molecule has 0 atom stereocenters. The normalized spacial score (nSPS) is 12.2. The Morgan fingerprint density at radius 3 is 2.36 bits per heavy atom. The molecule has 0 spiro atoms. The highest BCUT2D eigenvalue weighted by molar-refractivity contribution is 5.24. The van der Waals surface area contributed by atoms with Gasteiger partial charge in [0.25, 0.3) is 0 Å². The molecule has 0 saturated heterocycles. The Kier molecular flexibility index (Phi) is 4.67. The van der Waals surface area contributed by atoms with Crippen LogP contribution >= 0.6 is 0 Å². The van der Waals surface area contributed by atoms with E-state index in [2.05, 4.69) is 20.4 Å². The third-order valence-electron chi connectivity index (χ3n) is 1.75. The summed E-state index contributed by atoms with van der Waals surface area (Å²) in [6.45, 7) is 10.2. The Hall–Kier alpha value is -0.720. The third-order valence-corrected chi connectivity index (χ3v) is 1.75. The highest BCUT2D eigenvalue weighted by atomic mass is 14.6. The molecule has 0 aromatic heterocycles. The van der Waals surface area contributed by atoms with Gasteiger partial charge in [-0.2, -0.15) is 0 Å². The first kappa shape index (κ1) is 10.3. The van der Waals surface area contributed by atoms with Gasteiger partial charge in [-0.1, -0.05) is 26.5 Å². The molecular formula is C10H19N.